The summed E-state index contributed by atoms with van der Waals surface area (Å²) >= 11 is 0. The lowest BCUT2D eigenvalue weighted by atomic mass is 10.1. The van der Waals surface area contributed by atoms with Crippen molar-refractivity contribution < 1.29 is 19.1 Å². The summed E-state index contributed by atoms with van der Waals surface area (Å²) < 4.78 is 6.44. The molecule has 1 saturated heterocycles. The molecule has 0 spiro atoms. The largest absolute Gasteiger partial charge is 0.461 e. The minimum atomic E-state index is -0.543. The Bertz CT molecular complexity index is 862. The van der Waals surface area contributed by atoms with Gasteiger partial charge in [-0.25, -0.2) is 9.78 Å². The number of likely N-dealkylation sites (tertiary alicyclic amines) is 1. The summed E-state index contributed by atoms with van der Waals surface area (Å²) in [5, 5.41) is 2.73. The third-order valence-electron chi connectivity index (χ3n) is 4.78. The lowest BCUT2D eigenvalue weighted by molar-refractivity contribution is -0.136. The fourth-order valence-electron chi connectivity index (χ4n) is 3.32. The Kier molecular flexibility index (Phi) is 6.08. The molecule has 8 nitrogen and oxygen atoms in total. The lowest BCUT2D eigenvalue weighted by Gasteiger charge is -2.24. The number of aromatic nitrogens is 2. The van der Waals surface area contributed by atoms with Crippen molar-refractivity contribution in [2.45, 2.75) is 32.2 Å². The Morgan fingerprint density at radius 2 is 2.00 bits per heavy atom. The molecule has 2 amide bonds. The quantitative estimate of drug-likeness (QED) is 0.766. The summed E-state index contributed by atoms with van der Waals surface area (Å²) in [6, 6.07) is 8.93. The molecule has 1 aromatic carbocycles. The van der Waals surface area contributed by atoms with Crippen molar-refractivity contribution in [3.8, 4) is 0 Å². The second-order valence-electron chi connectivity index (χ2n) is 6.64. The highest BCUT2D eigenvalue weighted by Gasteiger charge is 2.34. The predicted molar refractivity (Wildman–Crippen MR) is 103 cm³/mol. The lowest BCUT2D eigenvalue weighted by Crippen LogP contribution is -2.44. The Balaban J connectivity index is 1.66. The van der Waals surface area contributed by atoms with Crippen LogP contribution in [-0.2, 0) is 27.8 Å². The Hall–Kier alpha value is -3.16. The van der Waals surface area contributed by atoms with Gasteiger partial charge >= 0.3 is 5.97 Å². The number of hydrogen-bond donors (Lipinski definition) is 1. The second-order valence-corrected chi connectivity index (χ2v) is 6.64. The number of esters is 1. The van der Waals surface area contributed by atoms with Crippen LogP contribution in [0.25, 0.3) is 0 Å². The van der Waals surface area contributed by atoms with Gasteiger partial charge in [0.1, 0.15) is 11.7 Å². The maximum Gasteiger partial charge on any atom is 0.356 e. The van der Waals surface area contributed by atoms with Gasteiger partial charge in [0.25, 0.3) is 0 Å². The number of amides is 2. The third-order valence-corrected chi connectivity index (χ3v) is 4.78. The van der Waals surface area contributed by atoms with Crippen LogP contribution < -0.4 is 5.32 Å². The number of nitrogens with zero attached hydrogens (tertiary/aromatic N) is 3. The molecule has 1 aliphatic rings. The minimum absolute atomic E-state index is 0.0732. The first kappa shape index (κ1) is 19.6. The Morgan fingerprint density at radius 3 is 2.71 bits per heavy atom. The zero-order valence-electron chi connectivity index (χ0n) is 16.1. The molecule has 28 heavy (non-hydrogen) atoms. The van der Waals surface area contributed by atoms with Gasteiger partial charge in [-0.2, -0.15) is 0 Å². The van der Waals surface area contributed by atoms with Crippen LogP contribution in [0.2, 0.25) is 0 Å². The van der Waals surface area contributed by atoms with Crippen LogP contribution >= 0.6 is 0 Å². The molecule has 2 heterocycles. The zero-order chi connectivity index (χ0) is 20.1. The van der Waals surface area contributed by atoms with Crippen molar-refractivity contribution in [2.75, 3.05) is 18.5 Å². The van der Waals surface area contributed by atoms with Gasteiger partial charge < -0.3 is 14.2 Å². The van der Waals surface area contributed by atoms with E-state index in [1.807, 2.05) is 30.3 Å². The van der Waals surface area contributed by atoms with E-state index in [1.165, 1.54) is 10.8 Å². The van der Waals surface area contributed by atoms with E-state index in [0.29, 0.717) is 13.0 Å². The molecule has 1 atom stereocenters. The molecule has 0 bridgehead atoms. The van der Waals surface area contributed by atoms with Gasteiger partial charge in [0.15, 0.2) is 0 Å². The highest BCUT2D eigenvalue weighted by atomic mass is 16.5. The van der Waals surface area contributed by atoms with Crippen LogP contribution in [0.1, 0.15) is 35.8 Å². The number of benzene rings is 1. The highest BCUT2D eigenvalue weighted by Crippen LogP contribution is 2.21. The minimum Gasteiger partial charge on any atom is -0.461 e. The maximum absolute atomic E-state index is 12.8. The molecule has 148 valence electrons. The molecule has 3 rings (SSSR count). The number of ether oxygens (including phenoxy) is 1. The van der Waals surface area contributed by atoms with Crippen LogP contribution in [0, 0.1) is 0 Å². The molecule has 8 heteroatoms. The van der Waals surface area contributed by atoms with E-state index in [2.05, 4.69) is 10.3 Å². The molecule has 0 saturated carbocycles. The first-order chi connectivity index (χ1) is 13.5. The van der Waals surface area contributed by atoms with Gasteiger partial charge in [-0.3, -0.25) is 14.9 Å². The van der Waals surface area contributed by atoms with Crippen molar-refractivity contribution in [1.82, 2.24) is 14.5 Å². The number of carbonyl (C=O) groups excluding carboxylic acids is 3. The van der Waals surface area contributed by atoms with E-state index in [9.17, 15) is 14.4 Å². The average molecular weight is 384 g/mol. The second kappa shape index (κ2) is 8.69. The molecular weight excluding hydrogens is 360 g/mol. The Morgan fingerprint density at radius 1 is 1.25 bits per heavy atom. The van der Waals surface area contributed by atoms with Gasteiger partial charge in [0.05, 0.1) is 19.2 Å². The van der Waals surface area contributed by atoms with Crippen molar-refractivity contribution in [1.29, 1.82) is 0 Å². The summed E-state index contributed by atoms with van der Waals surface area (Å²) in [6.45, 7) is 2.53. The number of nitrogens with one attached hydrogen (secondary N) is 1. The van der Waals surface area contributed by atoms with Crippen LogP contribution in [0.3, 0.4) is 0 Å². The zero-order valence-corrected chi connectivity index (χ0v) is 16.1. The summed E-state index contributed by atoms with van der Waals surface area (Å²) in [6.07, 6.45) is 3.00. The molecule has 1 fully saturated rings. The van der Waals surface area contributed by atoms with Gasteiger partial charge in [0.2, 0.25) is 17.8 Å². The van der Waals surface area contributed by atoms with Crippen LogP contribution in [0.15, 0.2) is 36.5 Å². The molecule has 0 unspecified atom stereocenters. The fourth-order valence-corrected chi connectivity index (χ4v) is 3.32. The Labute approximate surface area is 163 Å². The van der Waals surface area contributed by atoms with E-state index in [4.69, 9.17) is 4.74 Å². The summed E-state index contributed by atoms with van der Waals surface area (Å²) in [5.74, 6) is -0.632. The number of hydrogen-bond acceptors (Lipinski definition) is 5. The van der Waals surface area contributed by atoms with Gasteiger partial charge in [0, 0.05) is 13.6 Å². The van der Waals surface area contributed by atoms with Crippen molar-refractivity contribution in [2.24, 2.45) is 7.05 Å². The van der Waals surface area contributed by atoms with E-state index in [0.717, 1.165) is 12.0 Å². The summed E-state index contributed by atoms with van der Waals surface area (Å²) in [5.41, 5.74) is 1.17. The van der Waals surface area contributed by atoms with E-state index >= 15 is 0 Å². The monoisotopic (exact) mass is 384 g/mol. The van der Waals surface area contributed by atoms with Gasteiger partial charge in [-0.1, -0.05) is 30.3 Å². The average Bonchev–Trinajstić information content (AvgIpc) is 3.30. The van der Waals surface area contributed by atoms with Crippen LogP contribution in [0.4, 0.5) is 5.95 Å². The van der Waals surface area contributed by atoms with Crippen LogP contribution in [-0.4, -0.2) is 51.4 Å². The van der Waals surface area contributed by atoms with Crippen LogP contribution in [0.5, 0.6) is 0 Å². The molecule has 0 aliphatic carbocycles. The molecule has 0 radical (unpaired) electrons. The molecule has 2 aromatic rings. The van der Waals surface area contributed by atoms with Crippen molar-refractivity contribution in [3.63, 3.8) is 0 Å². The molecular formula is C20H24N4O4. The molecule has 1 N–H and O–H groups in total. The predicted octanol–water partition coefficient (Wildman–Crippen LogP) is 1.77. The summed E-state index contributed by atoms with van der Waals surface area (Å²) in [4.78, 5) is 43.0. The smallest absolute Gasteiger partial charge is 0.356 e. The van der Waals surface area contributed by atoms with Crippen molar-refractivity contribution in [3.05, 3.63) is 47.8 Å². The SMILES string of the molecule is CCOC(=O)c1cnc(NC(=O)[C@H]2CCCN2C(=O)Cc2ccccc2)n1C. The fraction of sp³-hybridized carbons (Fsp3) is 0.400. The maximum atomic E-state index is 12.8. The highest BCUT2D eigenvalue weighted by molar-refractivity contribution is 5.97. The molecule has 1 aromatic heterocycles. The molecule has 1 aliphatic heterocycles. The number of carbonyl (C=O) groups is 3. The van der Waals surface area contributed by atoms with E-state index in [-0.39, 0.29) is 36.5 Å². The summed E-state index contributed by atoms with van der Waals surface area (Å²) in [7, 11) is 1.63. The number of anilines is 1. The standard InChI is InChI=1S/C20H24N4O4/c1-3-28-19(27)16-13-21-20(23(16)2)22-18(26)15-10-7-11-24(15)17(25)12-14-8-5-4-6-9-14/h4-6,8-9,13,15H,3,7,10-12H2,1-2H3,(H,21,22,26)/t15-/m1/s1. The third kappa shape index (κ3) is 4.21. The first-order valence-electron chi connectivity index (χ1n) is 9.34. The topological polar surface area (TPSA) is 93.5 Å². The number of imidazole rings is 1. The van der Waals surface area contributed by atoms with Gasteiger partial charge in [-0.15, -0.1) is 0 Å². The van der Waals surface area contributed by atoms with E-state index in [1.54, 1.807) is 18.9 Å². The van der Waals surface area contributed by atoms with E-state index < -0.39 is 12.0 Å². The normalized spacial score (nSPS) is 16.1. The first-order valence-corrected chi connectivity index (χ1v) is 9.34. The van der Waals surface area contributed by atoms with Gasteiger partial charge in [-0.05, 0) is 25.3 Å². The number of rotatable bonds is 6. The van der Waals surface area contributed by atoms with Crippen molar-refractivity contribution >= 4 is 23.7 Å².